The van der Waals surface area contributed by atoms with Crippen molar-refractivity contribution in [1.29, 1.82) is 0 Å². The van der Waals surface area contributed by atoms with Crippen LogP contribution in [-0.4, -0.2) is 18.7 Å². The molecule has 0 aliphatic rings. The van der Waals surface area contributed by atoms with Crippen LogP contribution in [0.5, 0.6) is 0 Å². The van der Waals surface area contributed by atoms with E-state index in [4.69, 9.17) is 0 Å². The lowest BCUT2D eigenvalue weighted by atomic mass is 10.2. The first-order chi connectivity index (χ1) is 13.6. The predicted molar refractivity (Wildman–Crippen MR) is 120 cm³/mol. The van der Waals surface area contributed by atoms with Crippen LogP contribution >= 0.6 is 7.92 Å². The molecule has 0 atom stereocenters. The zero-order valence-corrected chi connectivity index (χ0v) is 17.4. The Morgan fingerprint density at radius 1 is 0.750 bits per heavy atom. The molecule has 0 saturated heterocycles. The zero-order chi connectivity index (χ0) is 19.5. The summed E-state index contributed by atoms with van der Waals surface area (Å²) in [6, 6.07) is 30.4. The number of hydrogen-bond acceptors (Lipinski definition) is 1. The molecule has 0 aliphatic heterocycles. The first-order valence-electron chi connectivity index (χ1n) is 9.40. The van der Waals surface area contributed by atoms with E-state index in [1.165, 1.54) is 27.5 Å². The average molecular weight is 386 g/mol. The number of imidazole rings is 1. The van der Waals surface area contributed by atoms with Gasteiger partial charge < -0.3 is 4.90 Å². The van der Waals surface area contributed by atoms with Crippen LogP contribution in [0.2, 0.25) is 0 Å². The second kappa shape index (κ2) is 8.00. The number of anilines is 1. The van der Waals surface area contributed by atoms with Crippen LogP contribution in [-0.2, 0) is 7.05 Å². The molecule has 4 heteroatoms. The quantitative estimate of drug-likeness (QED) is 0.379. The van der Waals surface area contributed by atoms with Gasteiger partial charge in [-0.25, -0.2) is 4.57 Å². The Morgan fingerprint density at radius 2 is 1.29 bits per heavy atom. The Kier molecular flexibility index (Phi) is 5.27. The largest absolute Gasteiger partial charge is 0.378 e. The minimum Gasteiger partial charge on any atom is -0.378 e. The van der Waals surface area contributed by atoms with Crippen LogP contribution < -0.4 is 25.6 Å². The fraction of sp³-hybridized carbons (Fsp3) is 0.125. The van der Waals surface area contributed by atoms with Gasteiger partial charge in [0.1, 0.15) is 18.1 Å². The van der Waals surface area contributed by atoms with E-state index in [1.54, 1.807) is 0 Å². The smallest absolute Gasteiger partial charge is 0.290 e. The molecule has 140 valence electrons. The fourth-order valence-corrected chi connectivity index (χ4v) is 5.86. The Bertz CT molecular complexity index is 999. The SMILES string of the molecule is CN(C)c1ccc(-n2cc[n+](C)c2P(c2ccccc2)c2ccccc2)cc1. The summed E-state index contributed by atoms with van der Waals surface area (Å²) >= 11 is 0. The molecule has 3 aromatic carbocycles. The Morgan fingerprint density at radius 3 is 1.79 bits per heavy atom. The van der Waals surface area contributed by atoms with Gasteiger partial charge in [0.05, 0.1) is 15.0 Å². The van der Waals surface area contributed by atoms with Gasteiger partial charge in [0.15, 0.2) is 0 Å². The number of rotatable bonds is 5. The van der Waals surface area contributed by atoms with Gasteiger partial charge in [-0.1, -0.05) is 60.7 Å². The van der Waals surface area contributed by atoms with Crippen LogP contribution in [0.3, 0.4) is 0 Å². The molecule has 28 heavy (non-hydrogen) atoms. The van der Waals surface area contributed by atoms with Crippen molar-refractivity contribution in [1.82, 2.24) is 4.57 Å². The molecule has 0 saturated carbocycles. The molecule has 0 fully saturated rings. The highest BCUT2D eigenvalue weighted by molar-refractivity contribution is 7.79. The van der Waals surface area contributed by atoms with Gasteiger partial charge in [-0.3, -0.25) is 0 Å². The van der Waals surface area contributed by atoms with E-state index in [0.717, 1.165) is 0 Å². The molecule has 4 rings (SSSR count). The van der Waals surface area contributed by atoms with Crippen molar-refractivity contribution in [2.45, 2.75) is 0 Å². The second-order valence-electron chi connectivity index (χ2n) is 7.00. The molecule has 4 aromatic rings. The highest BCUT2D eigenvalue weighted by Crippen LogP contribution is 2.32. The lowest BCUT2D eigenvalue weighted by Gasteiger charge is -2.17. The van der Waals surface area contributed by atoms with Crippen LogP contribution in [0.15, 0.2) is 97.3 Å². The maximum absolute atomic E-state index is 2.32. The van der Waals surface area contributed by atoms with Gasteiger partial charge in [-0.15, -0.1) is 0 Å². The third-order valence-corrected chi connectivity index (χ3v) is 7.40. The number of nitrogens with zero attached hydrogens (tertiary/aromatic N) is 3. The normalized spacial score (nSPS) is 11.0. The number of aromatic nitrogens is 2. The van der Waals surface area contributed by atoms with E-state index in [0.29, 0.717) is 0 Å². The average Bonchev–Trinajstić information content (AvgIpc) is 3.11. The minimum absolute atomic E-state index is 0.679. The molecule has 0 amide bonds. The third kappa shape index (κ3) is 3.58. The molecule has 0 unspecified atom stereocenters. The molecule has 0 N–H and O–H groups in total. The van der Waals surface area contributed by atoms with Gasteiger partial charge in [0.2, 0.25) is 0 Å². The molecular formula is C24H25N3P+. The van der Waals surface area contributed by atoms with Crippen molar-refractivity contribution in [2.75, 3.05) is 19.0 Å². The minimum atomic E-state index is -0.679. The molecule has 0 aliphatic carbocycles. The molecule has 0 bridgehead atoms. The van der Waals surface area contributed by atoms with Gasteiger partial charge >= 0.3 is 0 Å². The highest BCUT2D eigenvalue weighted by Gasteiger charge is 2.29. The predicted octanol–water partition coefficient (Wildman–Crippen LogP) is 3.13. The van der Waals surface area contributed by atoms with Crippen LogP contribution in [0.4, 0.5) is 5.69 Å². The van der Waals surface area contributed by atoms with Crippen molar-refractivity contribution in [3.05, 3.63) is 97.3 Å². The van der Waals surface area contributed by atoms with Crippen LogP contribution in [0.1, 0.15) is 0 Å². The summed E-state index contributed by atoms with van der Waals surface area (Å²) in [6.45, 7) is 0. The van der Waals surface area contributed by atoms with Gasteiger partial charge in [-0.2, -0.15) is 4.57 Å². The summed E-state index contributed by atoms with van der Waals surface area (Å²) in [5.41, 5.74) is 3.68. The topological polar surface area (TPSA) is 12.1 Å². The van der Waals surface area contributed by atoms with E-state index >= 15 is 0 Å². The van der Waals surface area contributed by atoms with E-state index in [1.807, 2.05) is 0 Å². The highest BCUT2D eigenvalue weighted by atomic mass is 31.1. The van der Waals surface area contributed by atoms with Gasteiger partial charge in [0, 0.05) is 19.8 Å². The monoisotopic (exact) mass is 386 g/mol. The number of hydrogen-bond donors (Lipinski definition) is 0. The summed E-state index contributed by atoms with van der Waals surface area (Å²) in [5.74, 6) is 0. The first kappa shape index (κ1) is 18.5. The van der Waals surface area contributed by atoms with Gasteiger partial charge in [0.25, 0.3) is 5.57 Å². The Labute approximate surface area is 168 Å². The molecule has 1 heterocycles. The van der Waals surface area contributed by atoms with Crippen molar-refractivity contribution in [3.63, 3.8) is 0 Å². The van der Waals surface area contributed by atoms with E-state index < -0.39 is 7.92 Å². The summed E-state index contributed by atoms with van der Waals surface area (Å²) in [7, 11) is 5.60. The zero-order valence-electron chi connectivity index (χ0n) is 16.5. The van der Waals surface area contributed by atoms with E-state index in [9.17, 15) is 0 Å². The summed E-state index contributed by atoms with van der Waals surface area (Å²) < 4.78 is 4.58. The van der Waals surface area contributed by atoms with Crippen molar-refractivity contribution in [2.24, 2.45) is 7.05 Å². The van der Waals surface area contributed by atoms with Gasteiger partial charge in [-0.05, 0) is 34.9 Å². The van der Waals surface area contributed by atoms with Crippen LogP contribution in [0.25, 0.3) is 5.69 Å². The lowest BCUT2D eigenvalue weighted by molar-refractivity contribution is -0.652. The molecule has 1 aromatic heterocycles. The molecular weight excluding hydrogens is 361 g/mol. The summed E-state index contributed by atoms with van der Waals surface area (Å²) in [4.78, 5) is 2.13. The van der Waals surface area contributed by atoms with E-state index in [-0.39, 0.29) is 0 Å². The molecule has 3 nitrogen and oxygen atoms in total. The van der Waals surface area contributed by atoms with Crippen molar-refractivity contribution in [3.8, 4) is 5.69 Å². The fourth-order valence-electron chi connectivity index (χ4n) is 3.38. The maximum Gasteiger partial charge on any atom is 0.290 e. The van der Waals surface area contributed by atoms with Crippen LogP contribution in [0, 0.1) is 0 Å². The summed E-state index contributed by atoms with van der Waals surface area (Å²) in [5, 5.41) is 2.70. The van der Waals surface area contributed by atoms with E-state index in [2.05, 4.69) is 132 Å². The summed E-state index contributed by atoms with van der Waals surface area (Å²) in [6.07, 6.45) is 4.32. The maximum atomic E-state index is 2.32. The van der Waals surface area contributed by atoms with Crippen molar-refractivity contribution >= 4 is 29.8 Å². The van der Waals surface area contributed by atoms with Crippen molar-refractivity contribution < 1.29 is 4.57 Å². The number of aryl methyl sites for hydroxylation is 1. The third-order valence-electron chi connectivity index (χ3n) is 4.84. The number of benzene rings is 3. The lowest BCUT2D eigenvalue weighted by Crippen LogP contribution is -2.47. The molecule has 0 spiro atoms. The Hall–Kier alpha value is -2.90. The second-order valence-corrected chi connectivity index (χ2v) is 9.10. The Balaban J connectivity index is 1.87. The first-order valence-corrected chi connectivity index (χ1v) is 10.7. The standard InChI is InChI=1S/C24H25N3P/c1-25(2)20-14-16-21(17-15-20)27-19-18-26(3)24(27)28(22-10-6-4-7-11-22)23-12-8-5-9-13-23/h4-19H,1-3H3/q+1. The molecule has 0 radical (unpaired) electrons.